The van der Waals surface area contributed by atoms with E-state index >= 15 is 0 Å². The number of halogens is 2. The molecular formula is C13H11Cl2NO. The highest BCUT2D eigenvalue weighted by Crippen LogP contribution is 2.38. The molecule has 0 radical (unpaired) electrons. The second-order valence-corrected chi connectivity index (χ2v) is 4.54. The zero-order valence-corrected chi connectivity index (χ0v) is 10.7. The number of ether oxygens (including phenoxy) is 1. The third-order valence-electron chi connectivity index (χ3n) is 2.26. The number of aryl methyl sites for hydroxylation is 1. The van der Waals surface area contributed by atoms with E-state index in [1.165, 1.54) is 0 Å². The summed E-state index contributed by atoms with van der Waals surface area (Å²) < 4.78 is 5.63. The van der Waals surface area contributed by atoms with Crippen LogP contribution < -0.4 is 10.5 Å². The van der Waals surface area contributed by atoms with Crippen molar-refractivity contribution in [3.8, 4) is 11.5 Å². The Hall–Kier alpha value is -1.38. The molecule has 2 N–H and O–H groups in total. The molecule has 0 bridgehead atoms. The molecule has 0 unspecified atom stereocenters. The Kier molecular flexibility index (Phi) is 3.46. The Bertz CT molecular complexity index is 515. The summed E-state index contributed by atoms with van der Waals surface area (Å²) in [4.78, 5) is 0. The Morgan fingerprint density at radius 1 is 1.00 bits per heavy atom. The fraction of sp³-hybridized carbons (Fsp3) is 0.0769. The van der Waals surface area contributed by atoms with E-state index in [4.69, 9.17) is 33.7 Å². The highest BCUT2D eigenvalue weighted by Gasteiger charge is 2.09. The molecule has 0 aliphatic rings. The monoisotopic (exact) mass is 267 g/mol. The van der Waals surface area contributed by atoms with Crippen LogP contribution in [0.3, 0.4) is 0 Å². The quantitative estimate of drug-likeness (QED) is 0.803. The summed E-state index contributed by atoms with van der Waals surface area (Å²) in [5.41, 5.74) is 7.29. The van der Waals surface area contributed by atoms with Gasteiger partial charge in [0.15, 0.2) is 5.75 Å². The first-order chi connectivity index (χ1) is 8.06. The van der Waals surface area contributed by atoms with E-state index in [-0.39, 0.29) is 0 Å². The van der Waals surface area contributed by atoms with E-state index < -0.39 is 0 Å². The van der Waals surface area contributed by atoms with Gasteiger partial charge in [-0.15, -0.1) is 0 Å². The lowest BCUT2D eigenvalue weighted by molar-refractivity contribution is 0.483. The van der Waals surface area contributed by atoms with E-state index in [1.807, 2.05) is 31.2 Å². The SMILES string of the molecule is Cc1ccc(Oc2c(Cl)cc(N)cc2Cl)cc1. The van der Waals surface area contributed by atoms with E-state index in [0.717, 1.165) is 5.56 Å². The number of hydrogen-bond donors (Lipinski definition) is 1. The zero-order chi connectivity index (χ0) is 12.4. The maximum atomic E-state index is 6.03. The van der Waals surface area contributed by atoms with Gasteiger partial charge in [0.05, 0.1) is 10.0 Å². The summed E-state index contributed by atoms with van der Waals surface area (Å²) in [5, 5.41) is 0.797. The van der Waals surface area contributed by atoms with Gasteiger partial charge in [-0.3, -0.25) is 0 Å². The molecule has 2 aromatic rings. The van der Waals surface area contributed by atoms with E-state index in [1.54, 1.807) is 12.1 Å². The van der Waals surface area contributed by atoms with E-state index in [0.29, 0.717) is 27.2 Å². The van der Waals surface area contributed by atoms with Gasteiger partial charge in [-0.2, -0.15) is 0 Å². The minimum atomic E-state index is 0.399. The van der Waals surface area contributed by atoms with E-state index in [9.17, 15) is 0 Å². The summed E-state index contributed by atoms with van der Waals surface area (Å²) in [6.07, 6.45) is 0. The van der Waals surface area contributed by atoms with Gasteiger partial charge in [0.2, 0.25) is 0 Å². The van der Waals surface area contributed by atoms with Crippen molar-refractivity contribution in [2.24, 2.45) is 0 Å². The average molecular weight is 268 g/mol. The number of hydrogen-bond acceptors (Lipinski definition) is 2. The van der Waals surface area contributed by atoms with Crippen LogP contribution in [0.5, 0.6) is 11.5 Å². The van der Waals surface area contributed by atoms with Gasteiger partial charge in [-0.25, -0.2) is 0 Å². The normalized spacial score (nSPS) is 10.3. The molecule has 0 aliphatic heterocycles. The van der Waals surface area contributed by atoms with Gasteiger partial charge < -0.3 is 10.5 Å². The molecule has 0 saturated heterocycles. The smallest absolute Gasteiger partial charge is 0.164 e. The lowest BCUT2D eigenvalue weighted by Crippen LogP contribution is -1.90. The minimum absolute atomic E-state index is 0.399. The Balaban J connectivity index is 2.33. The maximum Gasteiger partial charge on any atom is 0.164 e. The van der Waals surface area contributed by atoms with Gasteiger partial charge in [0.25, 0.3) is 0 Å². The molecular weight excluding hydrogens is 257 g/mol. The van der Waals surface area contributed by atoms with Crippen LogP contribution in [0, 0.1) is 6.92 Å². The molecule has 4 heteroatoms. The van der Waals surface area contributed by atoms with Crippen molar-refractivity contribution < 1.29 is 4.74 Å². The summed E-state index contributed by atoms with van der Waals surface area (Å²) in [6.45, 7) is 2.01. The van der Waals surface area contributed by atoms with Crippen LogP contribution in [0.4, 0.5) is 5.69 Å². The highest BCUT2D eigenvalue weighted by atomic mass is 35.5. The Morgan fingerprint density at radius 2 is 1.53 bits per heavy atom. The Morgan fingerprint density at radius 3 is 2.06 bits per heavy atom. The lowest BCUT2D eigenvalue weighted by atomic mass is 10.2. The average Bonchev–Trinajstić information content (AvgIpc) is 2.26. The molecule has 2 nitrogen and oxygen atoms in total. The lowest BCUT2D eigenvalue weighted by Gasteiger charge is -2.10. The van der Waals surface area contributed by atoms with Crippen molar-refractivity contribution >= 4 is 28.9 Å². The number of rotatable bonds is 2. The maximum absolute atomic E-state index is 6.03. The largest absolute Gasteiger partial charge is 0.454 e. The second-order valence-electron chi connectivity index (χ2n) is 3.73. The number of anilines is 1. The van der Waals surface area contributed by atoms with Crippen molar-refractivity contribution in [3.05, 3.63) is 52.0 Å². The highest BCUT2D eigenvalue weighted by molar-refractivity contribution is 6.37. The summed E-state index contributed by atoms with van der Waals surface area (Å²) in [7, 11) is 0. The number of nitrogens with two attached hydrogens (primary N) is 1. The molecule has 2 rings (SSSR count). The van der Waals surface area contributed by atoms with Crippen LogP contribution in [-0.2, 0) is 0 Å². The van der Waals surface area contributed by atoms with Crippen LogP contribution in [0.2, 0.25) is 10.0 Å². The predicted molar refractivity (Wildman–Crippen MR) is 72.1 cm³/mol. The summed E-state index contributed by atoms with van der Waals surface area (Å²) in [6, 6.07) is 10.8. The molecule has 0 heterocycles. The molecule has 0 saturated carbocycles. The van der Waals surface area contributed by atoms with Gasteiger partial charge in [-0.05, 0) is 31.2 Å². The second kappa shape index (κ2) is 4.86. The van der Waals surface area contributed by atoms with Crippen LogP contribution in [0.15, 0.2) is 36.4 Å². The topological polar surface area (TPSA) is 35.2 Å². The molecule has 17 heavy (non-hydrogen) atoms. The van der Waals surface area contributed by atoms with Crippen LogP contribution in [-0.4, -0.2) is 0 Å². The van der Waals surface area contributed by atoms with Crippen LogP contribution in [0.25, 0.3) is 0 Å². The molecule has 0 aromatic heterocycles. The summed E-state index contributed by atoms with van der Waals surface area (Å²) in [5.74, 6) is 1.11. The predicted octanol–water partition coefficient (Wildman–Crippen LogP) is 4.68. The minimum Gasteiger partial charge on any atom is -0.454 e. The van der Waals surface area contributed by atoms with Crippen molar-refractivity contribution in [2.75, 3.05) is 5.73 Å². The summed E-state index contributed by atoms with van der Waals surface area (Å²) >= 11 is 12.1. The van der Waals surface area contributed by atoms with Crippen LogP contribution in [0.1, 0.15) is 5.56 Å². The Labute approximate surface area is 110 Å². The third kappa shape index (κ3) is 2.84. The third-order valence-corrected chi connectivity index (χ3v) is 2.82. The molecule has 0 spiro atoms. The van der Waals surface area contributed by atoms with Gasteiger partial charge in [0.1, 0.15) is 5.75 Å². The van der Waals surface area contributed by atoms with Crippen molar-refractivity contribution in [2.45, 2.75) is 6.92 Å². The first kappa shape index (κ1) is 12.1. The standard InChI is InChI=1S/C13H11Cl2NO/c1-8-2-4-10(5-3-8)17-13-11(14)6-9(16)7-12(13)15/h2-7H,16H2,1H3. The number of nitrogen functional groups attached to an aromatic ring is 1. The molecule has 0 amide bonds. The van der Waals surface area contributed by atoms with E-state index in [2.05, 4.69) is 0 Å². The van der Waals surface area contributed by atoms with Gasteiger partial charge in [0, 0.05) is 5.69 Å². The molecule has 0 aliphatic carbocycles. The molecule has 0 atom stereocenters. The zero-order valence-electron chi connectivity index (χ0n) is 9.21. The molecule has 0 fully saturated rings. The first-order valence-corrected chi connectivity index (χ1v) is 5.81. The van der Waals surface area contributed by atoms with Crippen molar-refractivity contribution in [1.29, 1.82) is 0 Å². The first-order valence-electron chi connectivity index (χ1n) is 5.05. The molecule has 2 aromatic carbocycles. The fourth-order valence-electron chi connectivity index (χ4n) is 1.40. The van der Waals surface area contributed by atoms with Gasteiger partial charge >= 0.3 is 0 Å². The van der Waals surface area contributed by atoms with Crippen molar-refractivity contribution in [1.82, 2.24) is 0 Å². The number of benzene rings is 2. The van der Waals surface area contributed by atoms with Gasteiger partial charge in [-0.1, -0.05) is 40.9 Å². The van der Waals surface area contributed by atoms with Crippen molar-refractivity contribution in [3.63, 3.8) is 0 Å². The molecule has 88 valence electrons. The fourth-order valence-corrected chi connectivity index (χ4v) is 1.98. The van der Waals surface area contributed by atoms with Crippen LogP contribution >= 0.6 is 23.2 Å².